The normalized spacial score (nSPS) is 11.6. The predicted octanol–water partition coefficient (Wildman–Crippen LogP) is -0.566. The van der Waals surface area contributed by atoms with Crippen LogP contribution in [-0.4, -0.2) is 28.9 Å². The van der Waals surface area contributed by atoms with Gasteiger partial charge in [0.2, 0.25) is 10.0 Å². The molecule has 16 heavy (non-hydrogen) atoms. The molecule has 1 aromatic heterocycles. The molecule has 0 bridgehead atoms. The minimum absolute atomic E-state index is 0.0459. The van der Waals surface area contributed by atoms with E-state index in [2.05, 4.69) is 22.0 Å². The molecular weight excluding hydrogens is 248 g/mol. The summed E-state index contributed by atoms with van der Waals surface area (Å²) in [6.45, 7) is 2.06. The second-order valence-corrected chi connectivity index (χ2v) is 5.76. The lowest BCUT2D eigenvalue weighted by atomic mass is 10.3. The third kappa shape index (κ3) is 3.54. The van der Waals surface area contributed by atoms with Gasteiger partial charge in [-0.3, -0.25) is 4.68 Å². The van der Waals surface area contributed by atoms with E-state index in [0.29, 0.717) is 0 Å². The quantitative estimate of drug-likeness (QED) is 0.694. The van der Waals surface area contributed by atoms with Gasteiger partial charge in [-0.2, -0.15) is 5.10 Å². The number of hydrogen-bond donors (Lipinski definition) is 2. The predicted molar refractivity (Wildman–Crippen MR) is 65.4 cm³/mol. The zero-order valence-corrected chi connectivity index (χ0v) is 10.7. The fraction of sp³-hybridized carbons (Fsp3) is 0.500. The topological polar surface area (TPSA) is 90.0 Å². The standard InChI is InChI=1S/C8H14N4O2S2/c1-6-7(3-10-12(6)2)4-11-16(13,14)5-8(9)15/h3,11H,4-5H2,1-2H3,(H2,9,15). The van der Waals surface area contributed by atoms with Crippen LogP contribution in [0.4, 0.5) is 0 Å². The lowest BCUT2D eigenvalue weighted by molar-refractivity contribution is 0.585. The van der Waals surface area contributed by atoms with Gasteiger partial charge in [-0.05, 0) is 6.92 Å². The lowest BCUT2D eigenvalue weighted by Gasteiger charge is -2.05. The fourth-order valence-electron chi connectivity index (χ4n) is 1.14. The van der Waals surface area contributed by atoms with Gasteiger partial charge in [0.05, 0.1) is 11.2 Å². The molecule has 0 radical (unpaired) electrons. The van der Waals surface area contributed by atoms with Crippen molar-refractivity contribution >= 4 is 27.2 Å². The van der Waals surface area contributed by atoms with Gasteiger partial charge in [0.25, 0.3) is 0 Å². The highest BCUT2D eigenvalue weighted by Crippen LogP contribution is 2.05. The Hall–Kier alpha value is -0.990. The third-order valence-electron chi connectivity index (χ3n) is 2.15. The summed E-state index contributed by atoms with van der Waals surface area (Å²) in [6.07, 6.45) is 1.62. The van der Waals surface area contributed by atoms with Gasteiger partial charge in [0.15, 0.2) is 0 Å². The lowest BCUT2D eigenvalue weighted by Crippen LogP contribution is -2.32. The fourth-order valence-corrected chi connectivity index (χ4v) is 2.46. The van der Waals surface area contributed by atoms with Gasteiger partial charge in [-0.1, -0.05) is 12.2 Å². The molecule has 1 heterocycles. The van der Waals surface area contributed by atoms with Crippen molar-refractivity contribution in [2.75, 3.05) is 5.75 Å². The van der Waals surface area contributed by atoms with E-state index in [-0.39, 0.29) is 17.3 Å². The Morgan fingerprint density at radius 2 is 2.31 bits per heavy atom. The molecule has 0 aliphatic heterocycles. The maximum atomic E-state index is 11.4. The van der Waals surface area contributed by atoms with Crippen molar-refractivity contribution < 1.29 is 8.42 Å². The molecule has 0 unspecified atom stereocenters. The van der Waals surface area contributed by atoms with Crippen molar-refractivity contribution in [1.29, 1.82) is 0 Å². The Morgan fingerprint density at radius 1 is 1.69 bits per heavy atom. The maximum absolute atomic E-state index is 11.4. The first-order chi connectivity index (χ1) is 7.32. The summed E-state index contributed by atoms with van der Waals surface area (Å²) in [5.41, 5.74) is 6.92. The van der Waals surface area contributed by atoms with Crippen molar-refractivity contribution in [3.63, 3.8) is 0 Å². The first-order valence-corrected chi connectivity index (χ1v) is 6.61. The maximum Gasteiger partial charge on any atom is 0.218 e. The number of thiocarbonyl (C=S) groups is 1. The number of aryl methyl sites for hydroxylation is 1. The number of hydrogen-bond acceptors (Lipinski definition) is 4. The molecule has 6 nitrogen and oxygen atoms in total. The van der Waals surface area contributed by atoms with Gasteiger partial charge < -0.3 is 5.73 Å². The number of nitrogens with zero attached hydrogens (tertiary/aromatic N) is 2. The zero-order chi connectivity index (χ0) is 12.3. The minimum atomic E-state index is -3.44. The van der Waals surface area contributed by atoms with E-state index in [1.165, 1.54) is 0 Å². The average Bonchev–Trinajstić information content (AvgIpc) is 2.43. The molecular formula is C8H14N4O2S2. The summed E-state index contributed by atoms with van der Waals surface area (Å²) in [5, 5.41) is 4.01. The average molecular weight is 262 g/mol. The smallest absolute Gasteiger partial charge is 0.218 e. The molecule has 0 fully saturated rings. The largest absolute Gasteiger partial charge is 0.392 e. The van der Waals surface area contributed by atoms with E-state index in [1.54, 1.807) is 17.9 Å². The van der Waals surface area contributed by atoms with Gasteiger partial charge in [-0.15, -0.1) is 0 Å². The first-order valence-electron chi connectivity index (χ1n) is 4.55. The summed E-state index contributed by atoms with van der Waals surface area (Å²) in [7, 11) is -1.65. The molecule has 0 saturated carbocycles. The highest BCUT2D eigenvalue weighted by molar-refractivity contribution is 7.92. The number of sulfonamides is 1. The van der Waals surface area contributed by atoms with Crippen molar-refractivity contribution in [2.24, 2.45) is 12.8 Å². The molecule has 3 N–H and O–H groups in total. The summed E-state index contributed by atoms with van der Waals surface area (Å²) < 4.78 is 26.9. The summed E-state index contributed by atoms with van der Waals surface area (Å²) in [4.78, 5) is -0.0459. The monoisotopic (exact) mass is 262 g/mol. The Kier molecular flexibility index (Phi) is 4.00. The molecule has 0 atom stereocenters. The van der Waals surface area contributed by atoms with Crippen LogP contribution >= 0.6 is 12.2 Å². The molecule has 0 aliphatic carbocycles. The first kappa shape index (κ1) is 13.1. The van der Waals surface area contributed by atoms with Crippen LogP contribution in [0.2, 0.25) is 0 Å². The second-order valence-electron chi connectivity index (χ2n) is 3.43. The van der Waals surface area contributed by atoms with Crippen molar-refractivity contribution in [3.8, 4) is 0 Å². The molecule has 8 heteroatoms. The Balaban J connectivity index is 2.65. The second kappa shape index (κ2) is 4.89. The Labute approximate surface area is 99.9 Å². The molecule has 0 amide bonds. The van der Waals surface area contributed by atoms with Crippen LogP contribution in [0, 0.1) is 6.92 Å². The van der Waals surface area contributed by atoms with Gasteiger partial charge >= 0.3 is 0 Å². The van der Waals surface area contributed by atoms with Crippen molar-refractivity contribution in [1.82, 2.24) is 14.5 Å². The summed E-state index contributed by atoms with van der Waals surface area (Å²) in [6, 6.07) is 0. The van der Waals surface area contributed by atoms with Crippen molar-refractivity contribution in [3.05, 3.63) is 17.5 Å². The molecule has 0 aromatic carbocycles. The van der Waals surface area contributed by atoms with E-state index < -0.39 is 10.0 Å². The van der Waals surface area contributed by atoms with E-state index in [9.17, 15) is 8.42 Å². The van der Waals surface area contributed by atoms with Crippen LogP contribution in [0.5, 0.6) is 0 Å². The zero-order valence-electron chi connectivity index (χ0n) is 9.10. The van der Waals surface area contributed by atoms with E-state index in [1.807, 2.05) is 6.92 Å². The molecule has 1 aromatic rings. The molecule has 1 rings (SSSR count). The van der Waals surface area contributed by atoms with Crippen LogP contribution < -0.4 is 10.5 Å². The van der Waals surface area contributed by atoms with E-state index in [4.69, 9.17) is 5.73 Å². The summed E-state index contributed by atoms with van der Waals surface area (Å²) >= 11 is 4.55. The van der Waals surface area contributed by atoms with E-state index >= 15 is 0 Å². The molecule has 90 valence electrons. The van der Waals surface area contributed by atoms with Crippen LogP contribution in [0.15, 0.2) is 6.20 Å². The molecule has 0 aliphatic rings. The minimum Gasteiger partial charge on any atom is -0.392 e. The highest BCUT2D eigenvalue weighted by Gasteiger charge is 2.13. The van der Waals surface area contributed by atoms with Crippen LogP contribution in [-0.2, 0) is 23.6 Å². The van der Waals surface area contributed by atoms with Crippen LogP contribution in [0.3, 0.4) is 0 Å². The van der Waals surface area contributed by atoms with Crippen LogP contribution in [0.25, 0.3) is 0 Å². The Morgan fingerprint density at radius 3 is 2.75 bits per heavy atom. The van der Waals surface area contributed by atoms with Crippen LogP contribution in [0.1, 0.15) is 11.3 Å². The van der Waals surface area contributed by atoms with Gasteiger partial charge in [-0.25, -0.2) is 13.1 Å². The number of aromatic nitrogens is 2. The van der Waals surface area contributed by atoms with Gasteiger partial charge in [0, 0.05) is 24.8 Å². The Bertz CT molecular complexity index is 492. The number of rotatable bonds is 5. The summed E-state index contributed by atoms with van der Waals surface area (Å²) in [5.74, 6) is -0.332. The third-order valence-corrected chi connectivity index (χ3v) is 3.75. The number of nitrogens with one attached hydrogen (secondary N) is 1. The van der Waals surface area contributed by atoms with E-state index in [0.717, 1.165) is 11.3 Å². The molecule has 0 spiro atoms. The molecule has 0 saturated heterocycles. The van der Waals surface area contributed by atoms with Gasteiger partial charge in [0.1, 0.15) is 5.75 Å². The number of nitrogens with two attached hydrogens (primary N) is 1. The SMILES string of the molecule is Cc1c(CNS(=O)(=O)CC(N)=S)cnn1C. The van der Waals surface area contributed by atoms with Crippen molar-refractivity contribution in [2.45, 2.75) is 13.5 Å². The highest BCUT2D eigenvalue weighted by atomic mass is 32.2.